The standard InChI is InChI=1S/C17H20Cl2N2O2/c1-16(11-17(16,18)19)15(23)20-9-8-14(22)21-10-4-6-12-5-2-3-7-13(12)21/h2-3,5,7H,4,6,8-11H2,1H3,(H,20,23). The van der Waals surface area contributed by atoms with Gasteiger partial charge in [-0.3, -0.25) is 9.59 Å². The van der Waals surface area contributed by atoms with E-state index in [9.17, 15) is 9.59 Å². The zero-order chi connectivity index (χ0) is 16.7. The molecule has 2 amide bonds. The Bertz CT molecular complexity index is 647. The van der Waals surface area contributed by atoms with Crippen LogP contribution in [-0.2, 0) is 16.0 Å². The number of nitrogens with zero attached hydrogens (tertiary/aromatic N) is 1. The number of carbonyl (C=O) groups is 2. The molecule has 124 valence electrons. The van der Waals surface area contributed by atoms with Crippen LogP contribution in [0.3, 0.4) is 0 Å². The Labute approximate surface area is 146 Å². The number of aryl methyl sites for hydroxylation is 1. The van der Waals surface area contributed by atoms with Gasteiger partial charge in [0.1, 0.15) is 4.33 Å². The van der Waals surface area contributed by atoms with Crippen LogP contribution in [0, 0.1) is 5.41 Å². The van der Waals surface area contributed by atoms with E-state index in [1.807, 2.05) is 23.1 Å². The fourth-order valence-corrected chi connectivity index (χ4v) is 3.76. The van der Waals surface area contributed by atoms with Crippen molar-refractivity contribution in [2.24, 2.45) is 5.41 Å². The topological polar surface area (TPSA) is 49.4 Å². The molecule has 0 spiro atoms. The predicted molar refractivity (Wildman–Crippen MR) is 91.9 cm³/mol. The fraction of sp³-hybridized carbons (Fsp3) is 0.529. The van der Waals surface area contributed by atoms with Crippen LogP contribution in [0.1, 0.15) is 31.7 Å². The largest absolute Gasteiger partial charge is 0.355 e. The summed E-state index contributed by atoms with van der Waals surface area (Å²) in [6.45, 7) is 2.77. The molecule has 6 heteroatoms. The molecule has 1 atom stereocenters. The normalized spacial score (nSPS) is 24.7. The van der Waals surface area contributed by atoms with E-state index in [0.717, 1.165) is 25.1 Å². The van der Waals surface area contributed by atoms with Crippen molar-refractivity contribution in [1.82, 2.24) is 5.32 Å². The van der Waals surface area contributed by atoms with Gasteiger partial charge in [0, 0.05) is 25.2 Å². The summed E-state index contributed by atoms with van der Waals surface area (Å²) in [6, 6.07) is 7.98. The van der Waals surface area contributed by atoms with Crippen molar-refractivity contribution in [2.45, 2.75) is 36.9 Å². The average molecular weight is 355 g/mol. The van der Waals surface area contributed by atoms with E-state index in [2.05, 4.69) is 11.4 Å². The van der Waals surface area contributed by atoms with Crippen LogP contribution in [-0.4, -0.2) is 29.2 Å². The summed E-state index contributed by atoms with van der Waals surface area (Å²) in [5, 5.41) is 2.78. The number of benzene rings is 1. The number of rotatable bonds is 4. The van der Waals surface area contributed by atoms with Crippen LogP contribution in [0.25, 0.3) is 0 Å². The molecule has 1 aliphatic carbocycles. The monoisotopic (exact) mass is 354 g/mol. The molecule has 1 aromatic carbocycles. The predicted octanol–water partition coefficient (Wildman–Crippen LogP) is 3.06. The van der Waals surface area contributed by atoms with Gasteiger partial charge < -0.3 is 10.2 Å². The highest BCUT2D eigenvalue weighted by Crippen LogP contribution is 2.63. The van der Waals surface area contributed by atoms with Gasteiger partial charge in [0.2, 0.25) is 11.8 Å². The Morgan fingerprint density at radius 2 is 2.00 bits per heavy atom. The number of anilines is 1. The molecule has 1 N–H and O–H groups in total. The summed E-state index contributed by atoms with van der Waals surface area (Å²) < 4.78 is -0.979. The zero-order valence-corrected chi connectivity index (χ0v) is 14.6. The SMILES string of the molecule is CC1(C(=O)NCCC(=O)N2CCCc3ccccc32)CC1(Cl)Cl. The highest BCUT2D eigenvalue weighted by Gasteiger charge is 2.67. The van der Waals surface area contributed by atoms with Crippen LogP contribution in [0.15, 0.2) is 24.3 Å². The van der Waals surface area contributed by atoms with Crippen LogP contribution in [0.2, 0.25) is 0 Å². The van der Waals surface area contributed by atoms with E-state index < -0.39 is 9.75 Å². The number of carbonyl (C=O) groups excluding carboxylic acids is 2. The van der Waals surface area contributed by atoms with Crippen molar-refractivity contribution >= 4 is 40.7 Å². The van der Waals surface area contributed by atoms with Crippen molar-refractivity contribution in [1.29, 1.82) is 0 Å². The molecule has 1 saturated carbocycles. The molecule has 4 nitrogen and oxygen atoms in total. The minimum Gasteiger partial charge on any atom is -0.355 e. The molecule has 23 heavy (non-hydrogen) atoms. The lowest BCUT2D eigenvalue weighted by Crippen LogP contribution is -2.39. The first-order chi connectivity index (χ1) is 10.8. The Kier molecular flexibility index (Phi) is 4.32. The molecule has 2 aliphatic rings. The van der Waals surface area contributed by atoms with Gasteiger partial charge in [0.05, 0.1) is 5.41 Å². The average Bonchev–Trinajstić information content (AvgIpc) is 3.06. The Hall–Kier alpha value is -1.26. The van der Waals surface area contributed by atoms with Crippen LogP contribution >= 0.6 is 23.2 Å². The molecule has 0 bridgehead atoms. The number of hydrogen-bond acceptors (Lipinski definition) is 2. The maximum absolute atomic E-state index is 12.5. The molecule has 3 rings (SSSR count). The van der Waals surface area contributed by atoms with Crippen molar-refractivity contribution < 1.29 is 9.59 Å². The van der Waals surface area contributed by atoms with Crippen molar-refractivity contribution in [3.8, 4) is 0 Å². The molecule has 0 saturated heterocycles. The number of nitrogens with one attached hydrogen (secondary N) is 1. The second-order valence-electron chi connectivity index (χ2n) is 6.50. The van der Waals surface area contributed by atoms with Crippen molar-refractivity contribution in [3.05, 3.63) is 29.8 Å². The summed E-state index contributed by atoms with van der Waals surface area (Å²) in [7, 11) is 0. The molecule has 1 aromatic rings. The van der Waals surface area contributed by atoms with Gasteiger partial charge in [-0.25, -0.2) is 0 Å². The quantitative estimate of drug-likeness (QED) is 0.844. The van der Waals surface area contributed by atoms with Crippen LogP contribution in [0.5, 0.6) is 0 Å². The lowest BCUT2D eigenvalue weighted by Gasteiger charge is -2.29. The first kappa shape index (κ1) is 16.6. The Morgan fingerprint density at radius 3 is 2.70 bits per heavy atom. The molecule has 1 unspecified atom stereocenters. The second-order valence-corrected chi connectivity index (χ2v) is 7.98. The first-order valence-electron chi connectivity index (χ1n) is 7.89. The number of fused-ring (bicyclic) bond motifs is 1. The second kappa shape index (κ2) is 5.99. The summed E-state index contributed by atoms with van der Waals surface area (Å²) in [5.74, 6) is -0.157. The van der Waals surface area contributed by atoms with Gasteiger partial charge in [-0.2, -0.15) is 0 Å². The first-order valence-corrected chi connectivity index (χ1v) is 8.65. The highest BCUT2D eigenvalue weighted by molar-refractivity contribution is 6.53. The molecule has 0 radical (unpaired) electrons. The summed E-state index contributed by atoms with van der Waals surface area (Å²) >= 11 is 12.0. The van der Waals surface area contributed by atoms with E-state index >= 15 is 0 Å². The molecular weight excluding hydrogens is 335 g/mol. The van der Waals surface area contributed by atoms with E-state index in [-0.39, 0.29) is 18.2 Å². The highest BCUT2D eigenvalue weighted by atomic mass is 35.5. The number of amides is 2. The van der Waals surface area contributed by atoms with Crippen molar-refractivity contribution in [2.75, 3.05) is 18.0 Å². The van der Waals surface area contributed by atoms with E-state index in [1.165, 1.54) is 5.56 Å². The van der Waals surface area contributed by atoms with Gasteiger partial charge >= 0.3 is 0 Å². The van der Waals surface area contributed by atoms with E-state index in [0.29, 0.717) is 13.0 Å². The zero-order valence-electron chi connectivity index (χ0n) is 13.1. The molecule has 1 heterocycles. The lowest BCUT2D eigenvalue weighted by molar-refractivity contribution is -0.126. The fourth-order valence-electron chi connectivity index (χ4n) is 3.05. The Balaban J connectivity index is 1.54. The summed E-state index contributed by atoms with van der Waals surface area (Å²) in [5.41, 5.74) is 1.46. The summed E-state index contributed by atoms with van der Waals surface area (Å²) in [6.07, 6.45) is 2.69. The molecular formula is C17H20Cl2N2O2. The molecule has 1 aliphatic heterocycles. The van der Waals surface area contributed by atoms with Gasteiger partial charge in [-0.05, 0) is 37.8 Å². The van der Waals surface area contributed by atoms with Gasteiger partial charge in [0.25, 0.3) is 0 Å². The van der Waals surface area contributed by atoms with Gasteiger partial charge in [0.15, 0.2) is 0 Å². The minimum absolute atomic E-state index is 0.0291. The number of alkyl halides is 2. The maximum Gasteiger partial charge on any atom is 0.229 e. The molecule has 1 fully saturated rings. The van der Waals surface area contributed by atoms with Crippen LogP contribution in [0.4, 0.5) is 5.69 Å². The summed E-state index contributed by atoms with van der Waals surface area (Å²) in [4.78, 5) is 26.4. The third-order valence-corrected chi connectivity index (χ3v) is 5.90. The lowest BCUT2D eigenvalue weighted by atomic mass is 10.0. The number of para-hydroxylation sites is 1. The van der Waals surface area contributed by atoms with Gasteiger partial charge in [-0.15, -0.1) is 23.2 Å². The van der Waals surface area contributed by atoms with Crippen LogP contribution < -0.4 is 10.2 Å². The molecule has 0 aromatic heterocycles. The van der Waals surface area contributed by atoms with E-state index in [4.69, 9.17) is 23.2 Å². The number of halogens is 2. The Morgan fingerprint density at radius 1 is 1.30 bits per heavy atom. The third-order valence-electron chi connectivity index (χ3n) is 4.79. The van der Waals surface area contributed by atoms with Crippen molar-refractivity contribution in [3.63, 3.8) is 0 Å². The van der Waals surface area contributed by atoms with E-state index in [1.54, 1.807) is 6.92 Å². The number of hydrogen-bond donors (Lipinski definition) is 1. The smallest absolute Gasteiger partial charge is 0.229 e. The maximum atomic E-state index is 12.5. The third kappa shape index (κ3) is 3.07. The minimum atomic E-state index is -0.979. The van der Waals surface area contributed by atoms with Gasteiger partial charge in [-0.1, -0.05) is 18.2 Å².